The van der Waals surface area contributed by atoms with Gasteiger partial charge in [0.2, 0.25) is 0 Å². The number of hydrogen-bond acceptors (Lipinski definition) is 2. The van der Waals surface area contributed by atoms with E-state index in [4.69, 9.17) is 0 Å². The predicted octanol–water partition coefficient (Wildman–Crippen LogP) is 3.57. The third-order valence-electron chi connectivity index (χ3n) is 4.05. The van der Waals surface area contributed by atoms with Crippen LogP contribution < -0.4 is 5.32 Å². The Morgan fingerprint density at radius 3 is 2.26 bits per heavy atom. The molecule has 23 heavy (non-hydrogen) atoms. The summed E-state index contributed by atoms with van der Waals surface area (Å²) >= 11 is 0. The average Bonchev–Trinajstić information content (AvgIpc) is 2.63. The maximum atomic E-state index is 12.5. The van der Waals surface area contributed by atoms with Crippen molar-refractivity contribution in [1.29, 1.82) is 0 Å². The second-order valence-corrected chi connectivity index (χ2v) is 5.75. The molecule has 0 atom stereocenters. The summed E-state index contributed by atoms with van der Waals surface area (Å²) in [6, 6.07) is 16.2. The van der Waals surface area contributed by atoms with Crippen LogP contribution in [0.25, 0.3) is 0 Å². The van der Waals surface area contributed by atoms with Crippen LogP contribution in [0, 0.1) is 0 Å². The Balaban J connectivity index is 1.72. The van der Waals surface area contributed by atoms with Crippen molar-refractivity contribution < 1.29 is 9.59 Å². The van der Waals surface area contributed by atoms with Gasteiger partial charge in [0.25, 0.3) is 11.8 Å². The summed E-state index contributed by atoms with van der Waals surface area (Å²) in [5.74, 6) is -0.131. The van der Waals surface area contributed by atoms with E-state index in [2.05, 4.69) is 5.32 Å². The summed E-state index contributed by atoms with van der Waals surface area (Å²) in [5, 5.41) is 2.85. The van der Waals surface area contributed by atoms with Gasteiger partial charge in [-0.15, -0.1) is 0 Å². The van der Waals surface area contributed by atoms with Crippen LogP contribution >= 0.6 is 0 Å². The van der Waals surface area contributed by atoms with Crippen molar-refractivity contribution in [1.82, 2.24) is 4.90 Å². The summed E-state index contributed by atoms with van der Waals surface area (Å²) < 4.78 is 0. The maximum absolute atomic E-state index is 12.5. The molecule has 0 radical (unpaired) electrons. The van der Waals surface area contributed by atoms with E-state index in [0.29, 0.717) is 16.8 Å². The van der Waals surface area contributed by atoms with Crippen molar-refractivity contribution in [2.75, 3.05) is 18.4 Å². The van der Waals surface area contributed by atoms with Gasteiger partial charge in [0, 0.05) is 29.9 Å². The minimum Gasteiger partial charge on any atom is -0.339 e. The van der Waals surface area contributed by atoms with E-state index in [0.717, 1.165) is 25.9 Å². The Kier molecular flexibility index (Phi) is 4.71. The monoisotopic (exact) mass is 308 g/mol. The molecule has 1 aliphatic rings. The molecule has 118 valence electrons. The summed E-state index contributed by atoms with van der Waals surface area (Å²) in [6.07, 6.45) is 3.32. The van der Waals surface area contributed by atoms with Gasteiger partial charge in [-0.2, -0.15) is 0 Å². The summed E-state index contributed by atoms with van der Waals surface area (Å²) in [5.41, 5.74) is 1.86. The van der Waals surface area contributed by atoms with E-state index in [1.807, 2.05) is 23.1 Å². The number of anilines is 1. The second-order valence-electron chi connectivity index (χ2n) is 5.75. The highest BCUT2D eigenvalue weighted by Crippen LogP contribution is 2.17. The van der Waals surface area contributed by atoms with Crippen molar-refractivity contribution >= 4 is 17.5 Å². The zero-order chi connectivity index (χ0) is 16.1. The van der Waals surface area contributed by atoms with Crippen LogP contribution in [-0.2, 0) is 0 Å². The summed E-state index contributed by atoms with van der Waals surface area (Å²) in [4.78, 5) is 26.6. The molecule has 1 saturated heterocycles. The van der Waals surface area contributed by atoms with E-state index in [-0.39, 0.29) is 11.8 Å². The lowest BCUT2D eigenvalue weighted by Gasteiger charge is -2.26. The normalized spacial score (nSPS) is 14.3. The Morgan fingerprint density at radius 1 is 0.826 bits per heavy atom. The van der Waals surface area contributed by atoms with Gasteiger partial charge >= 0.3 is 0 Å². The number of amides is 2. The van der Waals surface area contributed by atoms with Crippen LogP contribution in [0.1, 0.15) is 40.0 Å². The van der Waals surface area contributed by atoms with Gasteiger partial charge in [0.1, 0.15) is 0 Å². The number of carbonyl (C=O) groups is 2. The molecule has 0 bridgehead atoms. The predicted molar refractivity (Wildman–Crippen MR) is 90.6 cm³/mol. The SMILES string of the molecule is O=C(Nc1cccc(C(=O)N2CCCCC2)c1)c1ccccc1. The Morgan fingerprint density at radius 2 is 1.52 bits per heavy atom. The first kappa shape index (κ1) is 15.3. The van der Waals surface area contributed by atoms with Gasteiger partial charge in [0.15, 0.2) is 0 Å². The smallest absolute Gasteiger partial charge is 0.255 e. The van der Waals surface area contributed by atoms with Crippen LogP contribution in [0.15, 0.2) is 54.6 Å². The molecule has 0 saturated carbocycles. The third-order valence-corrected chi connectivity index (χ3v) is 4.05. The number of likely N-dealkylation sites (tertiary alicyclic amines) is 1. The minimum atomic E-state index is -0.173. The molecule has 0 aromatic heterocycles. The largest absolute Gasteiger partial charge is 0.339 e. The van der Waals surface area contributed by atoms with E-state index in [1.54, 1.807) is 36.4 Å². The molecule has 2 amide bonds. The molecule has 1 aliphatic heterocycles. The summed E-state index contributed by atoms with van der Waals surface area (Å²) in [6.45, 7) is 1.64. The molecule has 1 fully saturated rings. The molecule has 0 spiro atoms. The molecule has 1 heterocycles. The van der Waals surface area contributed by atoms with Crippen LogP contribution in [0.4, 0.5) is 5.69 Å². The number of nitrogens with zero attached hydrogens (tertiary/aromatic N) is 1. The van der Waals surface area contributed by atoms with Gasteiger partial charge in [0.05, 0.1) is 0 Å². The molecule has 0 unspecified atom stereocenters. The van der Waals surface area contributed by atoms with Crippen molar-refractivity contribution in [3.63, 3.8) is 0 Å². The van der Waals surface area contributed by atoms with Crippen LogP contribution in [0.3, 0.4) is 0 Å². The zero-order valence-corrected chi connectivity index (χ0v) is 13.0. The molecule has 4 heteroatoms. The molecular formula is C19H20N2O2. The maximum Gasteiger partial charge on any atom is 0.255 e. The number of rotatable bonds is 3. The lowest BCUT2D eigenvalue weighted by Crippen LogP contribution is -2.35. The van der Waals surface area contributed by atoms with E-state index >= 15 is 0 Å². The first-order valence-electron chi connectivity index (χ1n) is 8.00. The number of hydrogen-bond donors (Lipinski definition) is 1. The third kappa shape index (κ3) is 3.77. The van der Waals surface area contributed by atoms with Crippen molar-refractivity contribution in [2.45, 2.75) is 19.3 Å². The fraction of sp³-hybridized carbons (Fsp3) is 0.263. The molecule has 3 rings (SSSR count). The molecular weight excluding hydrogens is 288 g/mol. The second kappa shape index (κ2) is 7.09. The summed E-state index contributed by atoms with van der Waals surface area (Å²) in [7, 11) is 0. The quantitative estimate of drug-likeness (QED) is 0.942. The molecule has 2 aromatic carbocycles. The van der Waals surface area contributed by atoms with Crippen molar-refractivity contribution in [3.8, 4) is 0 Å². The lowest BCUT2D eigenvalue weighted by atomic mass is 10.1. The Labute approximate surface area is 136 Å². The van der Waals surface area contributed by atoms with Crippen molar-refractivity contribution in [3.05, 3.63) is 65.7 Å². The zero-order valence-electron chi connectivity index (χ0n) is 13.0. The fourth-order valence-corrected chi connectivity index (χ4v) is 2.80. The topological polar surface area (TPSA) is 49.4 Å². The Bertz CT molecular complexity index is 692. The van der Waals surface area contributed by atoms with Gasteiger partial charge in [-0.05, 0) is 49.6 Å². The highest BCUT2D eigenvalue weighted by atomic mass is 16.2. The number of carbonyl (C=O) groups excluding carboxylic acids is 2. The van der Waals surface area contributed by atoms with E-state index in [9.17, 15) is 9.59 Å². The van der Waals surface area contributed by atoms with Gasteiger partial charge in [-0.25, -0.2) is 0 Å². The number of nitrogens with one attached hydrogen (secondary N) is 1. The standard InChI is InChI=1S/C19H20N2O2/c22-18(15-8-3-1-4-9-15)20-17-11-7-10-16(14-17)19(23)21-12-5-2-6-13-21/h1,3-4,7-11,14H,2,5-6,12-13H2,(H,20,22). The van der Waals surface area contributed by atoms with Gasteiger partial charge < -0.3 is 10.2 Å². The first-order valence-corrected chi connectivity index (χ1v) is 8.00. The number of benzene rings is 2. The van der Waals surface area contributed by atoms with Crippen LogP contribution in [0.2, 0.25) is 0 Å². The molecule has 0 aliphatic carbocycles. The van der Waals surface area contributed by atoms with Crippen LogP contribution in [0.5, 0.6) is 0 Å². The van der Waals surface area contributed by atoms with E-state index < -0.39 is 0 Å². The Hall–Kier alpha value is -2.62. The lowest BCUT2D eigenvalue weighted by molar-refractivity contribution is 0.0724. The number of piperidine rings is 1. The van der Waals surface area contributed by atoms with E-state index in [1.165, 1.54) is 6.42 Å². The average molecular weight is 308 g/mol. The van der Waals surface area contributed by atoms with Crippen LogP contribution in [-0.4, -0.2) is 29.8 Å². The molecule has 4 nitrogen and oxygen atoms in total. The van der Waals surface area contributed by atoms with Crippen molar-refractivity contribution in [2.24, 2.45) is 0 Å². The highest BCUT2D eigenvalue weighted by Gasteiger charge is 2.18. The van der Waals surface area contributed by atoms with Gasteiger partial charge in [-0.3, -0.25) is 9.59 Å². The highest BCUT2D eigenvalue weighted by molar-refractivity contribution is 6.05. The molecule has 1 N–H and O–H groups in total. The fourth-order valence-electron chi connectivity index (χ4n) is 2.80. The minimum absolute atomic E-state index is 0.0421. The van der Waals surface area contributed by atoms with Gasteiger partial charge in [-0.1, -0.05) is 24.3 Å². The molecule has 2 aromatic rings. The first-order chi connectivity index (χ1) is 11.2.